The molecule has 22 heavy (non-hydrogen) atoms. The summed E-state index contributed by atoms with van der Waals surface area (Å²) in [5.74, 6) is 0.883. The van der Waals surface area contributed by atoms with E-state index in [9.17, 15) is 0 Å². The first-order chi connectivity index (χ1) is 10.6. The number of hydrogen-bond acceptors (Lipinski definition) is 3. The molecule has 3 nitrogen and oxygen atoms in total. The fraction of sp³-hybridized carbons (Fsp3) is 0.368. The highest BCUT2D eigenvalue weighted by Crippen LogP contribution is 2.34. The van der Waals surface area contributed by atoms with Crippen LogP contribution in [0.15, 0.2) is 48.5 Å². The predicted octanol–water partition coefficient (Wildman–Crippen LogP) is 3.66. The predicted molar refractivity (Wildman–Crippen MR) is 91.1 cm³/mol. The molecule has 0 aromatic heterocycles. The Hall–Kier alpha value is -2.00. The van der Waals surface area contributed by atoms with Gasteiger partial charge >= 0.3 is 0 Å². The van der Waals surface area contributed by atoms with Crippen molar-refractivity contribution in [3.05, 3.63) is 59.7 Å². The number of ether oxygens (including phenoxy) is 1. The Kier molecular flexibility index (Phi) is 4.34. The Morgan fingerprint density at radius 2 is 1.77 bits per heavy atom. The van der Waals surface area contributed by atoms with Crippen molar-refractivity contribution in [3.8, 4) is 5.75 Å². The third-order valence-corrected chi connectivity index (χ3v) is 4.52. The van der Waals surface area contributed by atoms with Gasteiger partial charge in [-0.1, -0.05) is 24.3 Å². The summed E-state index contributed by atoms with van der Waals surface area (Å²) < 4.78 is 6.31. The number of anilines is 1. The van der Waals surface area contributed by atoms with Crippen LogP contribution in [0.1, 0.15) is 30.1 Å². The molecule has 0 spiro atoms. The molecule has 1 aliphatic carbocycles. The minimum Gasteiger partial charge on any atom is -0.486 e. The lowest BCUT2D eigenvalue weighted by atomic mass is 10.0. The second kappa shape index (κ2) is 6.41. The summed E-state index contributed by atoms with van der Waals surface area (Å²) in [5, 5.41) is 0. The van der Waals surface area contributed by atoms with Crippen LogP contribution < -0.4 is 10.5 Å². The van der Waals surface area contributed by atoms with Crippen molar-refractivity contribution in [1.29, 1.82) is 0 Å². The van der Waals surface area contributed by atoms with Gasteiger partial charge in [0.05, 0.1) is 0 Å². The van der Waals surface area contributed by atoms with Crippen LogP contribution in [0.4, 0.5) is 5.69 Å². The zero-order valence-electron chi connectivity index (χ0n) is 13.3. The number of fused-ring (bicyclic) bond motifs is 1. The molecular formula is C19H24N2O. The Balaban J connectivity index is 1.89. The van der Waals surface area contributed by atoms with Gasteiger partial charge in [-0.2, -0.15) is 0 Å². The van der Waals surface area contributed by atoms with Gasteiger partial charge in [-0.15, -0.1) is 0 Å². The van der Waals surface area contributed by atoms with Crippen LogP contribution in [0, 0.1) is 0 Å². The first kappa shape index (κ1) is 14.9. The van der Waals surface area contributed by atoms with Crippen LogP contribution in [0.25, 0.3) is 0 Å². The topological polar surface area (TPSA) is 38.5 Å². The lowest BCUT2D eigenvalue weighted by Crippen LogP contribution is -2.30. The van der Waals surface area contributed by atoms with Crippen LogP contribution in [0.3, 0.4) is 0 Å². The van der Waals surface area contributed by atoms with Crippen LogP contribution in [-0.4, -0.2) is 25.0 Å². The summed E-state index contributed by atoms with van der Waals surface area (Å²) in [6, 6.07) is 16.9. The van der Waals surface area contributed by atoms with E-state index in [1.807, 2.05) is 24.3 Å². The van der Waals surface area contributed by atoms with E-state index in [1.54, 1.807) is 0 Å². The Bertz CT molecular complexity index is 622. The lowest BCUT2D eigenvalue weighted by molar-refractivity contribution is 0.147. The van der Waals surface area contributed by atoms with Gasteiger partial charge in [0.1, 0.15) is 11.9 Å². The Morgan fingerprint density at radius 1 is 1.05 bits per heavy atom. The monoisotopic (exact) mass is 296 g/mol. The van der Waals surface area contributed by atoms with E-state index < -0.39 is 0 Å². The molecule has 3 rings (SSSR count). The number of hydrogen-bond donors (Lipinski definition) is 1. The minimum absolute atomic E-state index is 0.0923. The Labute approximate surface area is 132 Å². The van der Waals surface area contributed by atoms with Gasteiger partial charge in [0.2, 0.25) is 0 Å². The molecule has 0 heterocycles. The van der Waals surface area contributed by atoms with Crippen molar-refractivity contribution in [2.75, 3.05) is 19.8 Å². The molecule has 3 heteroatoms. The number of nitrogens with two attached hydrogens (primary N) is 1. The molecule has 2 aromatic rings. The molecule has 2 atom stereocenters. The van der Waals surface area contributed by atoms with Crippen LogP contribution in [-0.2, 0) is 6.42 Å². The number of nitrogen functional groups attached to an aromatic ring is 1. The molecular weight excluding hydrogens is 272 g/mol. The highest BCUT2D eigenvalue weighted by Gasteiger charge is 2.26. The normalized spacial score (nSPS) is 21.2. The number of rotatable bonds is 3. The zero-order valence-corrected chi connectivity index (χ0v) is 13.3. The maximum atomic E-state index is 6.31. The van der Waals surface area contributed by atoms with Crippen molar-refractivity contribution in [3.63, 3.8) is 0 Å². The second-order valence-electron chi connectivity index (χ2n) is 6.27. The third-order valence-electron chi connectivity index (χ3n) is 4.52. The molecule has 1 aliphatic rings. The highest BCUT2D eigenvalue weighted by atomic mass is 16.5. The summed E-state index contributed by atoms with van der Waals surface area (Å²) in [6.07, 6.45) is 3.38. The van der Waals surface area contributed by atoms with E-state index >= 15 is 0 Å². The maximum absolute atomic E-state index is 6.31. The molecule has 0 amide bonds. The molecule has 0 saturated carbocycles. The van der Waals surface area contributed by atoms with E-state index in [0.717, 1.165) is 24.3 Å². The number of benzene rings is 2. The summed E-state index contributed by atoms with van der Waals surface area (Å²) in [6.45, 7) is 0. The molecule has 0 fully saturated rings. The molecule has 0 aliphatic heterocycles. The van der Waals surface area contributed by atoms with Gasteiger partial charge in [-0.25, -0.2) is 0 Å². The van der Waals surface area contributed by atoms with Gasteiger partial charge in [-0.3, -0.25) is 0 Å². The summed E-state index contributed by atoms with van der Waals surface area (Å²) in [4.78, 5) is 2.31. The fourth-order valence-corrected chi connectivity index (χ4v) is 3.18. The van der Waals surface area contributed by atoms with Crippen molar-refractivity contribution in [1.82, 2.24) is 4.90 Å². The van der Waals surface area contributed by atoms with Crippen LogP contribution >= 0.6 is 0 Å². The SMILES string of the molecule is CN(C)[C@H]1CCc2ccccc2[C@@H](Oc2ccc(N)cc2)C1. The van der Waals surface area contributed by atoms with Gasteiger partial charge in [0.25, 0.3) is 0 Å². The van der Waals surface area contributed by atoms with Gasteiger partial charge < -0.3 is 15.4 Å². The van der Waals surface area contributed by atoms with Crippen molar-refractivity contribution >= 4 is 5.69 Å². The van der Waals surface area contributed by atoms with Gasteiger partial charge in [0, 0.05) is 18.2 Å². The first-order valence-electron chi connectivity index (χ1n) is 7.90. The summed E-state index contributed by atoms with van der Waals surface area (Å²) in [7, 11) is 4.31. The molecule has 0 radical (unpaired) electrons. The molecule has 0 saturated heterocycles. The average molecular weight is 296 g/mol. The van der Waals surface area contributed by atoms with Gasteiger partial charge in [-0.05, 0) is 62.3 Å². The van der Waals surface area contributed by atoms with E-state index in [1.165, 1.54) is 17.5 Å². The number of nitrogens with zero attached hydrogens (tertiary/aromatic N) is 1. The molecule has 116 valence electrons. The third kappa shape index (κ3) is 3.25. The number of aryl methyl sites for hydroxylation is 1. The smallest absolute Gasteiger partial charge is 0.125 e. The van der Waals surface area contributed by atoms with E-state index in [-0.39, 0.29) is 6.10 Å². The van der Waals surface area contributed by atoms with Crippen LogP contribution in [0.5, 0.6) is 5.75 Å². The largest absolute Gasteiger partial charge is 0.486 e. The lowest BCUT2D eigenvalue weighted by Gasteiger charge is -2.27. The van der Waals surface area contributed by atoms with E-state index in [0.29, 0.717) is 6.04 Å². The van der Waals surface area contributed by atoms with E-state index in [2.05, 4.69) is 43.3 Å². The Morgan fingerprint density at radius 3 is 2.50 bits per heavy atom. The second-order valence-corrected chi connectivity index (χ2v) is 6.27. The van der Waals surface area contributed by atoms with Crippen molar-refractivity contribution < 1.29 is 4.74 Å². The molecule has 0 bridgehead atoms. The van der Waals surface area contributed by atoms with Crippen LogP contribution in [0.2, 0.25) is 0 Å². The van der Waals surface area contributed by atoms with Gasteiger partial charge in [0.15, 0.2) is 0 Å². The van der Waals surface area contributed by atoms with E-state index in [4.69, 9.17) is 10.5 Å². The molecule has 2 N–H and O–H groups in total. The molecule has 0 unspecified atom stereocenters. The summed E-state index contributed by atoms with van der Waals surface area (Å²) in [5.41, 5.74) is 9.26. The van der Waals surface area contributed by atoms with Crippen molar-refractivity contribution in [2.45, 2.75) is 31.4 Å². The first-order valence-corrected chi connectivity index (χ1v) is 7.90. The zero-order chi connectivity index (χ0) is 15.5. The maximum Gasteiger partial charge on any atom is 0.125 e. The minimum atomic E-state index is 0.0923. The van der Waals surface area contributed by atoms with Crippen molar-refractivity contribution in [2.24, 2.45) is 0 Å². The fourth-order valence-electron chi connectivity index (χ4n) is 3.18. The standard InChI is InChI=1S/C19H24N2O/c1-21(2)16-10-7-14-5-3-4-6-18(14)19(13-16)22-17-11-8-15(20)9-12-17/h3-6,8-9,11-12,16,19H,7,10,13,20H2,1-2H3/t16-,19-/m0/s1. The quantitative estimate of drug-likeness (QED) is 0.694. The highest BCUT2D eigenvalue weighted by molar-refractivity contribution is 5.42. The molecule has 2 aromatic carbocycles. The summed E-state index contributed by atoms with van der Waals surface area (Å²) >= 11 is 0. The average Bonchev–Trinajstić information content (AvgIpc) is 2.70.